The van der Waals surface area contributed by atoms with E-state index in [4.69, 9.17) is 14.5 Å². The summed E-state index contributed by atoms with van der Waals surface area (Å²) in [7, 11) is -3.75. The van der Waals surface area contributed by atoms with Crippen LogP contribution in [0.1, 0.15) is 53.1 Å². The number of benzene rings is 6. The lowest BCUT2D eigenvalue weighted by molar-refractivity contribution is 0.317. The Bertz CT molecular complexity index is 1920. The van der Waals surface area contributed by atoms with E-state index in [1.807, 2.05) is 116 Å². The van der Waals surface area contributed by atoms with Gasteiger partial charge in [-0.15, -0.1) is 0 Å². The molecule has 0 aliphatic rings. The molecule has 0 aromatic heterocycles. The van der Waals surface area contributed by atoms with Crippen molar-refractivity contribution in [2.45, 2.75) is 31.3 Å². The normalized spacial score (nSPS) is 13.6. The van der Waals surface area contributed by atoms with E-state index in [-0.39, 0.29) is 6.61 Å². The number of hydrogen-bond donors (Lipinski definition) is 0. The highest BCUT2D eigenvalue weighted by atomic mass is 31.2. The number of aliphatic imine (C=N–C) groups is 2. The molecule has 6 rings (SSSR count). The Kier molecular flexibility index (Phi) is 13.5. The van der Waals surface area contributed by atoms with Gasteiger partial charge in [-0.2, -0.15) is 0 Å². The quantitative estimate of drug-likeness (QED) is 0.0741. The van der Waals surface area contributed by atoms with Crippen molar-refractivity contribution in [3.8, 4) is 0 Å². The Morgan fingerprint density at radius 2 is 0.774 bits per heavy atom. The second kappa shape index (κ2) is 19.2. The largest absolute Gasteiger partial charge is 0.326 e. The summed E-state index contributed by atoms with van der Waals surface area (Å²) in [5, 5.41) is 0. The smallest absolute Gasteiger partial charge is 0.251 e. The predicted molar refractivity (Wildman–Crippen MR) is 224 cm³/mol. The molecule has 0 saturated carbocycles. The van der Waals surface area contributed by atoms with Crippen molar-refractivity contribution in [1.29, 1.82) is 0 Å². The highest BCUT2D eigenvalue weighted by molar-refractivity contribution is 7.60. The van der Waals surface area contributed by atoms with E-state index in [1.165, 1.54) is 0 Å². The molecule has 0 N–H and O–H groups in total. The van der Waals surface area contributed by atoms with Gasteiger partial charge in [0.1, 0.15) is 11.6 Å². The van der Waals surface area contributed by atoms with E-state index in [9.17, 15) is 0 Å². The summed E-state index contributed by atoms with van der Waals surface area (Å²) >= 11 is 0. The van der Waals surface area contributed by atoms with Gasteiger partial charge in [-0.1, -0.05) is 206 Å². The molecular weight excluding hydrogens is 668 g/mol. The van der Waals surface area contributed by atoms with Gasteiger partial charge in [0.05, 0.1) is 18.0 Å². The van der Waals surface area contributed by atoms with Crippen LogP contribution < -0.4 is 0 Å². The van der Waals surface area contributed by atoms with Gasteiger partial charge in [-0.25, -0.2) is 0 Å². The maximum Gasteiger partial charge on any atom is 0.251 e. The number of rotatable bonds is 16. The SMILES string of the molecule is CCOP(=O)(C(CC=Cc1ccccc1)N=C(c1ccccc1)c1ccccc1)C(CC=Cc1ccccc1)N=C(c1ccccc1)c1ccccc1. The lowest BCUT2D eigenvalue weighted by Crippen LogP contribution is -2.22. The van der Waals surface area contributed by atoms with E-state index in [0.717, 1.165) is 44.8 Å². The van der Waals surface area contributed by atoms with E-state index in [0.29, 0.717) is 12.8 Å². The fourth-order valence-corrected chi connectivity index (χ4v) is 8.76. The molecule has 6 aromatic rings. The van der Waals surface area contributed by atoms with Crippen molar-refractivity contribution in [2.75, 3.05) is 6.61 Å². The van der Waals surface area contributed by atoms with Crippen LogP contribution >= 0.6 is 7.37 Å². The van der Waals surface area contributed by atoms with Crippen molar-refractivity contribution in [2.24, 2.45) is 9.98 Å². The molecule has 0 radical (unpaired) electrons. The molecule has 0 amide bonds. The Balaban J connectivity index is 1.55. The molecule has 0 aliphatic carbocycles. The average Bonchev–Trinajstić information content (AvgIpc) is 3.22. The van der Waals surface area contributed by atoms with Crippen molar-refractivity contribution >= 4 is 30.9 Å². The number of nitrogens with zero attached hydrogens (tertiary/aromatic N) is 2. The average molecular weight is 713 g/mol. The van der Waals surface area contributed by atoms with E-state index < -0.39 is 18.9 Å². The molecule has 2 atom stereocenters. The zero-order valence-corrected chi connectivity index (χ0v) is 31.0. The Labute approximate surface area is 314 Å². The third kappa shape index (κ3) is 10.2. The van der Waals surface area contributed by atoms with Gasteiger partial charge in [-0.05, 0) is 30.9 Å². The molecule has 53 heavy (non-hydrogen) atoms. The molecule has 6 aromatic carbocycles. The van der Waals surface area contributed by atoms with Crippen LogP contribution in [0.3, 0.4) is 0 Å². The summed E-state index contributed by atoms with van der Waals surface area (Å²) in [6.07, 6.45) is 9.04. The first-order chi connectivity index (χ1) is 26.1. The van der Waals surface area contributed by atoms with Crippen LogP contribution in [0.15, 0.2) is 204 Å². The Morgan fingerprint density at radius 3 is 1.06 bits per heavy atom. The monoisotopic (exact) mass is 712 g/mol. The molecule has 0 aliphatic heterocycles. The second-order valence-corrected chi connectivity index (χ2v) is 15.3. The Morgan fingerprint density at radius 1 is 0.491 bits per heavy atom. The second-order valence-electron chi connectivity index (χ2n) is 12.5. The third-order valence-electron chi connectivity index (χ3n) is 8.82. The molecule has 0 spiro atoms. The van der Waals surface area contributed by atoms with Crippen LogP contribution in [0.25, 0.3) is 12.2 Å². The zero-order chi connectivity index (χ0) is 36.6. The lowest BCUT2D eigenvalue weighted by Gasteiger charge is -2.30. The molecule has 4 nitrogen and oxygen atoms in total. The first kappa shape index (κ1) is 37.1. The molecule has 0 bridgehead atoms. The van der Waals surface area contributed by atoms with Crippen molar-refractivity contribution in [3.63, 3.8) is 0 Å². The van der Waals surface area contributed by atoms with E-state index in [1.54, 1.807) is 0 Å². The molecular formula is C48H45N2O2P. The fourth-order valence-electron chi connectivity index (χ4n) is 6.23. The maximum absolute atomic E-state index is 16.2. The third-order valence-corrected chi connectivity index (χ3v) is 11.8. The van der Waals surface area contributed by atoms with Crippen LogP contribution in [0.4, 0.5) is 0 Å². The minimum absolute atomic E-state index is 0.248. The lowest BCUT2D eigenvalue weighted by atomic mass is 10.0. The summed E-state index contributed by atoms with van der Waals surface area (Å²) in [6.45, 7) is 2.15. The van der Waals surface area contributed by atoms with E-state index in [2.05, 4.69) is 97.1 Å². The predicted octanol–water partition coefficient (Wildman–Crippen LogP) is 12.2. The van der Waals surface area contributed by atoms with Gasteiger partial charge in [0.15, 0.2) is 0 Å². The van der Waals surface area contributed by atoms with Gasteiger partial charge < -0.3 is 4.52 Å². The fraction of sp³-hybridized carbons (Fsp3) is 0.125. The molecule has 264 valence electrons. The van der Waals surface area contributed by atoms with Gasteiger partial charge in [0.25, 0.3) is 7.37 Å². The topological polar surface area (TPSA) is 51.0 Å². The van der Waals surface area contributed by atoms with Crippen LogP contribution in [-0.4, -0.2) is 29.6 Å². The van der Waals surface area contributed by atoms with Gasteiger partial charge in [0, 0.05) is 22.3 Å². The Hall–Kier alpha value is -5.67. The molecule has 0 saturated heterocycles. The zero-order valence-electron chi connectivity index (χ0n) is 30.1. The first-order valence-electron chi connectivity index (χ1n) is 18.2. The molecule has 0 fully saturated rings. The minimum Gasteiger partial charge on any atom is -0.326 e. The first-order valence-corrected chi connectivity index (χ1v) is 19.9. The van der Waals surface area contributed by atoms with Crippen molar-refractivity contribution in [3.05, 3.63) is 228 Å². The standard InChI is InChI=1S/C48H45N2O2P/c1-2-52-53(51,45(37-21-27-39-23-9-3-10-24-39)49-47(41-29-13-5-14-30-41)42-31-15-6-16-32-42)46(38-22-28-40-25-11-4-12-26-40)50-48(43-33-17-7-18-34-43)44-35-19-8-20-36-44/h3-36,45-46H,2,37-38H2,1H3. The summed E-state index contributed by atoms with van der Waals surface area (Å²) in [6, 6.07) is 60.8. The number of hydrogen-bond acceptors (Lipinski definition) is 4. The summed E-state index contributed by atoms with van der Waals surface area (Å²) < 4.78 is 22.8. The van der Waals surface area contributed by atoms with Crippen LogP contribution in [0.5, 0.6) is 0 Å². The van der Waals surface area contributed by atoms with Crippen molar-refractivity contribution < 1.29 is 9.09 Å². The highest BCUT2D eigenvalue weighted by Gasteiger charge is 2.42. The van der Waals surface area contributed by atoms with E-state index >= 15 is 4.57 Å². The van der Waals surface area contributed by atoms with Crippen LogP contribution in [0.2, 0.25) is 0 Å². The maximum atomic E-state index is 16.2. The summed E-state index contributed by atoms with van der Waals surface area (Å²) in [5.41, 5.74) is 7.41. The highest BCUT2D eigenvalue weighted by Crippen LogP contribution is 2.60. The molecule has 5 heteroatoms. The van der Waals surface area contributed by atoms with Crippen molar-refractivity contribution in [1.82, 2.24) is 0 Å². The van der Waals surface area contributed by atoms with Crippen LogP contribution in [-0.2, 0) is 9.09 Å². The summed E-state index contributed by atoms with van der Waals surface area (Å²) in [4.78, 5) is 10.9. The minimum atomic E-state index is -3.75. The summed E-state index contributed by atoms with van der Waals surface area (Å²) in [5.74, 6) is -1.49. The van der Waals surface area contributed by atoms with Crippen LogP contribution in [0, 0.1) is 0 Å². The van der Waals surface area contributed by atoms with Gasteiger partial charge in [0.2, 0.25) is 0 Å². The molecule has 0 heterocycles. The van der Waals surface area contributed by atoms with Gasteiger partial charge in [-0.3, -0.25) is 14.5 Å². The van der Waals surface area contributed by atoms with Gasteiger partial charge >= 0.3 is 0 Å². The molecule has 2 unspecified atom stereocenters.